The molecule has 0 amide bonds. The van der Waals surface area contributed by atoms with Crippen LogP contribution in [0.4, 0.5) is 5.82 Å². The molecule has 24 heavy (non-hydrogen) atoms. The van der Waals surface area contributed by atoms with Gasteiger partial charge in [0.2, 0.25) is 0 Å². The number of pyridine rings is 3. The van der Waals surface area contributed by atoms with Crippen molar-refractivity contribution in [3.63, 3.8) is 0 Å². The molecule has 5 nitrogen and oxygen atoms in total. The third-order valence-corrected chi connectivity index (χ3v) is 4.39. The van der Waals surface area contributed by atoms with Gasteiger partial charge in [-0.25, -0.2) is 9.97 Å². The van der Waals surface area contributed by atoms with E-state index in [4.69, 9.17) is 9.72 Å². The van der Waals surface area contributed by atoms with Gasteiger partial charge in [0, 0.05) is 36.3 Å². The van der Waals surface area contributed by atoms with Crippen LogP contribution < -0.4 is 9.64 Å². The van der Waals surface area contributed by atoms with E-state index in [9.17, 15) is 0 Å². The molecule has 122 valence electrons. The number of aryl methyl sites for hydroxylation is 2. The quantitative estimate of drug-likeness (QED) is 0.739. The zero-order valence-electron chi connectivity index (χ0n) is 13.9. The summed E-state index contributed by atoms with van der Waals surface area (Å²) in [6, 6.07) is 10.1. The molecule has 4 rings (SSSR count). The zero-order chi connectivity index (χ0) is 16.5. The number of rotatable bonds is 4. The van der Waals surface area contributed by atoms with Gasteiger partial charge < -0.3 is 9.64 Å². The first-order valence-corrected chi connectivity index (χ1v) is 8.22. The van der Waals surface area contributed by atoms with Crippen LogP contribution in [0.5, 0.6) is 5.75 Å². The molecule has 3 aromatic rings. The van der Waals surface area contributed by atoms with Crippen LogP contribution in [0.15, 0.2) is 42.7 Å². The Hall–Kier alpha value is -2.69. The van der Waals surface area contributed by atoms with E-state index in [2.05, 4.69) is 40.0 Å². The van der Waals surface area contributed by atoms with Gasteiger partial charge in [0.25, 0.3) is 0 Å². The summed E-state index contributed by atoms with van der Waals surface area (Å²) in [5.74, 6) is 2.35. The number of anilines is 1. The van der Waals surface area contributed by atoms with Gasteiger partial charge >= 0.3 is 0 Å². The highest BCUT2D eigenvalue weighted by molar-refractivity contribution is 5.80. The highest BCUT2D eigenvalue weighted by Gasteiger charge is 2.28. The Kier molecular flexibility index (Phi) is 3.76. The van der Waals surface area contributed by atoms with Crippen molar-refractivity contribution in [2.75, 3.05) is 24.6 Å². The molecule has 0 aliphatic carbocycles. The summed E-state index contributed by atoms with van der Waals surface area (Å²) in [7, 11) is 0. The zero-order valence-corrected chi connectivity index (χ0v) is 13.9. The van der Waals surface area contributed by atoms with Crippen LogP contribution in [-0.4, -0.2) is 34.6 Å². The normalized spacial score (nSPS) is 14.7. The Balaban J connectivity index is 1.40. The first kappa shape index (κ1) is 14.9. The van der Waals surface area contributed by atoms with Crippen LogP contribution in [0.2, 0.25) is 0 Å². The predicted molar refractivity (Wildman–Crippen MR) is 94.4 cm³/mol. The van der Waals surface area contributed by atoms with E-state index >= 15 is 0 Å². The van der Waals surface area contributed by atoms with E-state index in [1.54, 1.807) is 12.4 Å². The molecule has 0 spiro atoms. The molecule has 0 aromatic carbocycles. The molecule has 1 aliphatic heterocycles. The third-order valence-electron chi connectivity index (χ3n) is 4.39. The molecule has 3 aromatic heterocycles. The average molecular weight is 320 g/mol. The molecule has 1 saturated heterocycles. The maximum Gasteiger partial charge on any atom is 0.162 e. The maximum atomic E-state index is 5.77. The smallest absolute Gasteiger partial charge is 0.162 e. The lowest BCUT2D eigenvalue weighted by atomic mass is 10.0. The maximum absolute atomic E-state index is 5.77. The molecular weight excluding hydrogens is 300 g/mol. The van der Waals surface area contributed by atoms with Gasteiger partial charge in [-0.05, 0) is 49.7 Å². The number of nitrogens with zero attached hydrogens (tertiary/aromatic N) is 4. The van der Waals surface area contributed by atoms with Crippen molar-refractivity contribution in [1.29, 1.82) is 0 Å². The van der Waals surface area contributed by atoms with Crippen molar-refractivity contribution in [3.05, 3.63) is 54.0 Å². The van der Waals surface area contributed by atoms with E-state index in [0.29, 0.717) is 12.5 Å². The van der Waals surface area contributed by atoms with Gasteiger partial charge in [0.05, 0.1) is 12.8 Å². The molecule has 0 atom stereocenters. The fraction of sp³-hybridized carbons (Fsp3) is 0.316. The lowest BCUT2D eigenvalue weighted by Crippen LogP contribution is -2.49. The Morgan fingerprint density at radius 2 is 2.04 bits per heavy atom. The number of fused-ring (bicyclic) bond motifs is 1. The molecule has 1 aliphatic rings. The van der Waals surface area contributed by atoms with Crippen LogP contribution in [0.1, 0.15) is 11.3 Å². The van der Waals surface area contributed by atoms with Gasteiger partial charge in [-0.15, -0.1) is 0 Å². The topological polar surface area (TPSA) is 51.1 Å². The molecule has 5 heteroatoms. The number of hydrogen-bond acceptors (Lipinski definition) is 5. The minimum atomic E-state index is 0.523. The summed E-state index contributed by atoms with van der Waals surface area (Å²) >= 11 is 0. The summed E-state index contributed by atoms with van der Waals surface area (Å²) in [6.45, 7) is 6.75. The van der Waals surface area contributed by atoms with E-state index in [1.165, 1.54) is 5.56 Å². The molecule has 1 fully saturated rings. The van der Waals surface area contributed by atoms with E-state index in [-0.39, 0.29) is 0 Å². The van der Waals surface area contributed by atoms with Crippen molar-refractivity contribution in [3.8, 4) is 5.75 Å². The second kappa shape index (κ2) is 6.07. The lowest BCUT2D eigenvalue weighted by molar-refractivity contribution is 0.219. The van der Waals surface area contributed by atoms with Crippen molar-refractivity contribution < 1.29 is 4.74 Å². The third kappa shape index (κ3) is 2.89. The Bertz CT molecular complexity index is 860. The number of hydrogen-bond donors (Lipinski definition) is 0. The minimum absolute atomic E-state index is 0.523. The number of aromatic nitrogens is 3. The molecule has 0 N–H and O–H groups in total. The van der Waals surface area contributed by atoms with Gasteiger partial charge in [-0.1, -0.05) is 0 Å². The standard InChI is InChI=1S/C19H20N4O/c1-13-8-14(2)21-19-17(13)5-6-18(22-19)23-10-15(11-23)12-24-16-4-3-7-20-9-16/h3-9,15H,10-12H2,1-2H3. The van der Waals surface area contributed by atoms with Crippen LogP contribution in [0.25, 0.3) is 11.0 Å². The van der Waals surface area contributed by atoms with Gasteiger partial charge in [-0.2, -0.15) is 0 Å². The molecule has 4 heterocycles. The fourth-order valence-corrected chi connectivity index (χ4v) is 3.11. The van der Waals surface area contributed by atoms with Crippen molar-refractivity contribution in [1.82, 2.24) is 15.0 Å². The average Bonchev–Trinajstić information content (AvgIpc) is 2.54. The first-order valence-electron chi connectivity index (χ1n) is 8.22. The van der Waals surface area contributed by atoms with Gasteiger partial charge in [0.15, 0.2) is 5.65 Å². The van der Waals surface area contributed by atoms with Crippen LogP contribution in [-0.2, 0) is 0 Å². The second-order valence-corrected chi connectivity index (χ2v) is 6.39. The SMILES string of the molecule is Cc1cc(C)c2ccc(N3CC(COc4cccnc4)C3)nc2n1. The molecule has 0 radical (unpaired) electrons. The van der Waals surface area contributed by atoms with E-state index in [1.807, 2.05) is 19.1 Å². The Labute approximate surface area is 141 Å². The van der Waals surface area contributed by atoms with Gasteiger partial charge in [-0.3, -0.25) is 4.98 Å². The van der Waals surface area contributed by atoms with Crippen molar-refractivity contribution in [2.45, 2.75) is 13.8 Å². The van der Waals surface area contributed by atoms with E-state index < -0.39 is 0 Å². The summed E-state index contributed by atoms with van der Waals surface area (Å²) in [5.41, 5.74) is 3.07. The fourth-order valence-electron chi connectivity index (χ4n) is 3.11. The van der Waals surface area contributed by atoms with E-state index in [0.717, 1.165) is 41.4 Å². The van der Waals surface area contributed by atoms with Gasteiger partial charge in [0.1, 0.15) is 11.6 Å². The summed E-state index contributed by atoms with van der Waals surface area (Å²) in [4.78, 5) is 15.6. The van der Waals surface area contributed by atoms with Crippen LogP contribution in [0.3, 0.4) is 0 Å². The van der Waals surface area contributed by atoms with Crippen molar-refractivity contribution >= 4 is 16.9 Å². The monoisotopic (exact) mass is 320 g/mol. The minimum Gasteiger partial charge on any atom is -0.492 e. The molecule has 0 unspecified atom stereocenters. The van der Waals surface area contributed by atoms with Crippen LogP contribution in [0, 0.1) is 19.8 Å². The van der Waals surface area contributed by atoms with Crippen LogP contribution >= 0.6 is 0 Å². The Morgan fingerprint density at radius 3 is 2.83 bits per heavy atom. The summed E-state index contributed by atoms with van der Waals surface area (Å²) < 4.78 is 5.77. The van der Waals surface area contributed by atoms with Crippen molar-refractivity contribution in [2.24, 2.45) is 5.92 Å². The lowest BCUT2D eigenvalue weighted by Gasteiger charge is -2.39. The Morgan fingerprint density at radius 1 is 1.17 bits per heavy atom. The number of ether oxygens (including phenoxy) is 1. The second-order valence-electron chi connectivity index (χ2n) is 6.39. The first-order chi connectivity index (χ1) is 11.7. The summed E-state index contributed by atoms with van der Waals surface area (Å²) in [5, 5.41) is 1.13. The molecule has 0 bridgehead atoms. The highest BCUT2D eigenvalue weighted by atomic mass is 16.5. The highest BCUT2D eigenvalue weighted by Crippen LogP contribution is 2.26. The summed E-state index contributed by atoms with van der Waals surface area (Å²) in [6.07, 6.45) is 3.50. The molecular formula is C19H20N4O. The predicted octanol–water partition coefficient (Wildman–Crippen LogP) is 3.16. The largest absolute Gasteiger partial charge is 0.492 e. The molecule has 0 saturated carbocycles.